The fraction of sp³-hybridized carbons (Fsp3) is 0.273. The van der Waals surface area contributed by atoms with Crippen molar-refractivity contribution in [2.45, 2.75) is 20.8 Å². The molecule has 0 aliphatic carbocycles. The van der Waals surface area contributed by atoms with Crippen LogP contribution >= 0.6 is 0 Å². The highest BCUT2D eigenvalue weighted by atomic mass is 16.3. The van der Waals surface area contributed by atoms with Crippen LogP contribution in [0.2, 0.25) is 0 Å². The molecule has 0 saturated carbocycles. The first-order chi connectivity index (χ1) is 6.52. The predicted molar refractivity (Wildman–Crippen MR) is 57.6 cm³/mol. The molecule has 74 valence electrons. The summed E-state index contributed by atoms with van der Waals surface area (Å²) in [6, 6.07) is 5.54. The first kappa shape index (κ1) is 10.4. The SMILES string of the molecule is CC(=N)/C(=C(/C)O)c1cccc(C)n1. The Hall–Kier alpha value is -1.64. The lowest BCUT2D eigenvalue weighted by molar-refractivity contribution is 0.418. The maximum Gasteiger partial charge on any atom is 0.100 e. The minimum Gasteiger partial charge on any atom is -0.512 e. The normalized spacial score (nSPS) is 12.2. The van der Waals surface area contributed by atoms with E-state index in [-0.39, 0.29) is 5.76 Å². The fourth-order valence-electron chi connectivity index (χ4n) is 1.33. The molecule has 1 heterocycles. The highest BCUT2D eigenvalue weighted by Gasteiger charge is 2.09. The number of hydrogen-bond acceptors (Lipinski definition) is 3. The van der Waals surface area contributed by atoms with Crippen molar-refractivity contribution >= 4 is 11.3 Å². The van der Waals surface area contributed by atoms with E-state index in [9.17, 15) is 5.11 Å². The van der Waals surface area contributed by atoms with Crippen molar-refractivity contribution in [1.29, 1.82) is 5.41 Å². The second-order valence-corrected chi connectivity index (χ2v) is 3.25. The first-order valence-electron chi connectivity index (χ1n) is 4.41. The number of rotatable bonds is 2. The Morgan fingerprint density at radius 1 is 1.36 bits per heavy atom. The third kappa shape index (κ3) is 2.19. The van der Waals surface area contributed by atoms with Gasteiger partial charge in [-0.3, -0.25) is 4.98 Å². The van der Waals surface area contributed by atoms with E-state index in [1.54, 1.807) is 19.9 Å². The van der Waals surface area contributed by atoms with Crippen molar-refractivity contribution in [1.82, 2.24) is 4.98 Å². The summed E-state index contributed by atoms with van der Waals surface area (Å²) in [7, 11) is 0. The van der Waals surface area contributed by atoms with Gasteiger partial charge in [-0.25, -0.2) is 0 Å². The topological polar surface area (TPSA) is 57.0 Å². The second-order valence-electron chi connectivity index (χ2n) is 3.25. The maximum absolute atomic E-state index is 9.43. The Morgan fingerprint density at radius 2 is 2.00 bits per heavy atom. The van der Waals surface area contributed by atoms with Gasteiger partial charge in [0.1, 0.15) is 5.76 Å². The third-order valence-corrected chi connectivity index (χ3v) is 1.88. The number of pyridine rings is 1. The van der Waals surface area contributed by atoms with Gasteiger partial charge in [0.15, 0.2) is 0 Å². The van der Waals surface area contributed by atoms with Crippen LogP contribution in [0, 0.1) is 12.3 Å². The summed E-state index contributed by atoms with van der Waals surface area (Å²) in [4.78, 5) is 4.26. The van der Waals surface area contributed by atoms with Gasteiger partial charge in [-0.05, 0) is 32.9 Å². The van der Waals surface area contributed by atoms with Crippen LogP contribution in [0.25, 0.3) is 5.57 Å². The molecule has 3 heteroatoms. The van der Waals surface area contributed by atoms with Gasteiger partial charge < -0.3 is 10.5 Å². The zero-order chi connectivity index (χ0) is 10.7. The van der Waals surface area contributed by atoms with Crippen molar-refractivity contribution in [3.05, 3.63) is 35.3 Å². The van der Waals surface area contributed by atoms with Crippen molar-refractivity contribution in [3.63, 3.8) is 0 Å². The Kier molecular flexibility index (Phi) is 3.02. The molecule has 0 aliphatic heterocycles. The first-order valence-corrected chi connectivity index (χ1v) is 4.41. The minimum atomic E-state index is 0.135. The lowest BCUT2D eigenvalue weighted by Crippen LogP contribution is -2.01. The predicted octanol–water partition coefficient (Wildman–Crippen LogP) is 2.72. The number of hydrogen-bond donors (Lipinski definition) is 2. The van der Waals surface area contributed by atoms with Gasteiger partial charge in [-0.15, -0.1) is 0 Å². The van der Waals surface area contributed by atoms with E-state index >= 15 is 0 Å². The molecule has 1 aromatic rings. The smallest absolute Gasteiger partial charge is 0.100 e. The molecule has 0 amide bonds. The zero-order valence-corrected chi connectivity index (χ0v) is 8.63. The molecule has 0 aliphatic rings. The van der Waals surface area contributed by atoms with Crippen LogP contribution in [0.1, 0.15) is 25.2 Å². The van der Waals surface area contributed by atoms with Gasteiger partial charge in [0.2, 0.25) is 0 Å². The van der Waals surface area contributed by atoms with E-state index in [2.05, 4.69) is 4.98 Å². The number of allylic oxidation sites excluding steroid dienone is 2. The Labute approximate surface area is 83.6 Å². The average Bonchev–Trinajstić information content (AvgIpc) is 2.02. The molecule has 0 unspecified atom stereocenters. The number of aliphatic hydroxyl groups excluding tert-OH is 1. The Bertz CT molecular complexity index is 390. The van der Waals surface area contributed by atoms with Crippen LogP contribution in [0.15, 0.2) is 24.0 Å². The fourth-order valence-corrected chi connectivity index (χ4v) is 1.33. The Morgan fingerprint density at radius 3 is 2.43 bits per heavy atom. The molecule has 1 aromatic heterocycles. The van der Waals surface area contributed by atoms with E-state index in [4.69, 9.17) is 5.41 Å². The molecular formula is C11H14N2O. The largest absolute Gasteiger partial charge is 0.512 e. The lowest BCUT2D eigenvalue weighted by Gasteiger charge is -2.06. The molecule has 0 bridgehead atoms. The molecule has 0 aromatic carbocycles. The summed E-state index contributed by atoms with van der Waals surface area (Å²) in [5.74, 6) is 0.135. The number of aliphatic hydroxyl groups is 1. The van der Waals surface area contributed by atoms with Crippen LogP contribution < -0.4 is 0 Å². The summed E-state index contributed by atoms with van der Waals surface area (Å²) in [5, 5.41) is 17.0. The summed E-state index contributed by atoms with van der Waals surface area (Å²) in [5.41, 5.74) is 2.36. The second kappa shape index (κ2) is 4.05. The van der Waals surface area contributed by atoms with Crippen LogP contribution in [-0.2, 0) is 0 Å². The van der Waals surface area contributed by atoms with Crippen molar-refractivity contribution in [2.75, 3.05) is 0 Å². The third-order valence-electron chi connectivity index (χ3n) is 1.88. The molecule has 0 atom stereocenters. The van der Waals surface area contributed by atoms with Gasteiger partial charge in [0.05, 0.1) is 11.3 Å². The molecule has 0 saturated heterocycles. The van der Waals surface area contributed by atoms with Gasteiger partial charge in [-0.2, -0.15) is 0 Å². The van der Waals surface area contributed by atoms with E-state index < -0.39 is 0 Å². The van der Waals surface area contributed by atoms with E-state index in [1.807, 2.05) is 19.1 Å². The van der Waals surface area contributed by atoms with E-state index in [1.165, 1.54) is 0 Å². The van der Waals surface area contributed by atoms with Crippen molar-refractivity contribution < 1.29 is 5.11 Å². The molecule has 2 N–H and O–H groups in total. The maximum atomic E-state index is 9.43. The monoisotopic (exact) mass is 190 g/mol. The molecule has 14 heavy (non-hydrogen) atoms. The van der Waals surface area contributed by atoms with Crippen molar-refractivity contribution in [3.8, 4) is 0 Å². The van der Waals surface area contributed by atoms with E-state index in [0.29, 0.717) is 17.0 Å². The molecule has 3 nitrogen and oxygen atoms in total. The van der Waals surface area contributed by atoms with Crippen LogP contribution in [-0.4, -0.2) is 15.8 Å². The standard InChI is InChI=1S/C11H14N2O/c1-7-5-4-6-10(13-7)11(8(2)12)9(3)14/h4-6,12,14H,1-3H3/b11-9+,12-8?. The van der Waals surface area contributed by atoms with Crippen LogP contribution in [0.5, 0.6) is 0 Å². The van der Waals surface area contributed by atoms with Gasteiger partial charge in [0.25, 0.3) is 0 Å². The number of nitrogens with zero attached hydrogens (tertiary/aromatic N) is 1. The van der Waals surface area contributed by atoms with Crippen LogP contribution in [0.3, 0.4) is 0 Å². The molecule has 0 fully saturated rings. The Balaban J connectivity index is 3.27. The number of aryl methyl sites for hydroxylation is 1. The highest BCUT2D eigenvalue weighted by molar-refractivity contribution is 6.21. The summed E-state index contributed by atoms with van der Waals surface area (Å²) < 4.78 is 0. The molecule has 1 rings (SSSR count). The molecule has 0 radical (unpaired) electrons. The van der Waals surface area contributed by atoms with Gasteiger partial charge in [0, 0.05) is 11.4 Å². The lowest BCUT2D eigenvalue weighted by atomic mass is 10.1. The van der Waals surface area contributed by atoms with Gasteiger partial charge in [-0.1, -0.05) is 6.07 Å². The minimum absolute atomic E-state index is 0.135. The number of aromatic nitrogens is 1. The zero-order valence-electron chi connectivity index (χ0n) is 8.63. The van der Waals surface area contributed by atoms with E-state index in [0.717, 1.165) is 5.69 Å². The molecular weight excluding hydrogens is 176 g/mol. The van der Waals surface area contributed by atoms with Crippen molar-refractivity contribution in [2.24, 2.45) is 0 Å². The molecule has 0 spiro atoms. The average molecular weight is 190 g/mol. The highest BCUT2D eigenvalue weighted by Crippen LogP contribution is 2.16. The van der Waals surface area contributed by atoms with Gasteiger partial charge >= 0.3 is 0 Å². The summed E-state index contributed by atoms with van der Waals surface area (Å²) in [6.45, 7) is 5.09. The summed E-state index contributed by atoms with van der Waals surface area (Å²) >= 11 is 0. The quantitative estimate of drug-likeness (QED) is 0.556. The summed E-state index contributed by atoms with van der Waals surface area (Å²) in [6.07, 6.45) is 0. The number of nitrogens with one attached hydrogen (secondary N) is 1. The van der Waals surface area contributed by atoms with Crippen LogP contribution in [0.4, 0.5) is 0 Å².